The Morgan fingerprint density at radius 1 is 1.27 bits per heavy atom. The molecule has 33 heavy (non-hydrogen) atoms. The number of alkyl halides is 3. The number of hydrogen-bond acceptors (Lipinski definition) is 5. The molecule has 1 aromatic carbocycles. The van der Waals surface area contributed by atoms with Gasteiger partial charge >= 0.3 is 18.2 Å². The van der Waals surface area contributed by atoms with E-state index in [1.807, 2.05) is 12.1 Å². The van der Waals surface area contributed by atoms with Gasteiger partial charge in [0.2, 0.25) is 0 Å². The molecule has 0 saturated carbocycles. The van der Waals surface area contributed by atoms with Crippen molar-refractivity contribution in [2.24, 2.45) is 0 Å². The van der Waals surface area contributed by atoms with Gasteiger partial charge in [-0.1, -0.05) is 12.1 Å². The highest BCUT2D eigenvalue weighted by Gasteiger charge is 2.39. The summed E-state index contributed by atoms with van der Waals surface area (Å²) in [6.45, 7) is 0.540. The van der Waals surface area contributed by atoms with Gasteiger partial charge in [0.1, 0.15) is 12.6 Å². The van der Waals surface area contributed by atoms with Gasteiger partial charge in [0.15, 0.2) is 0 Å². The molecule has 7 nitrogen and oxygen atoms in total. The molecular weight excluding hydrogens is 457 g/mol. The van der Waals surface area contributed by atoms with Gasteiger partial charge in [-0.2, -0.15) is 23.7 Å². The van der Waals surface area contributed by atoms with Gasteiger partial charge in [-0.3, -0.25) is 14.6 Å². The van der Waals surface area contributed by atoms with Crippen LogP contribution in [0, 0.1) is 22.7 Å². The molecule has 0 radical (unpaired) electrons. The number of carboxylic acid groups (broad SMARTS) is 1. The van der Waals surface area contributed by atoms with Gasteiger partial charge in [0.05, 0.1) is 28.6 Å². The van der Waals surface area contributed by atoms with Crippen molar-refractivity contribution < 1.29 is 27.9 Å². The first-order valence-electron chi connectivity index (χ1n) is 9.36. The molecule has 0 atom stereocenters. The van der Waals surface area contributed by atoms with Crippen LogP contribution < -0.4 is 4.90 Å². The second-order valence-corrected chi connectivity index (χ2v) is 7.53. The lowest BCUT2D eigenvalue weighted by Crippen LogP contribution is -2.49. The highest BCUT2D eigenvalue weighted by Crippen LogP contribution is 2.40. The smallest absolute Gasteiger partial charge is 0.416 e. The molecule has 3 rings (SSSR count). The van der Waals surface area contributed by atoms with Crippen LogP contribution in [0.15, 0.2) is 69.4 Å². The molecule has 0 fully saturated rings. The number of halogens is 3. The number of carbonyl (C=O) groups excluding carboxylic acids is 1. The highest BCUT2D eigenvalue weighted by atomic mass is 32.1. The van der Waals surface area contributed by atoms with Gasteiger partial charge in [0, 0.05) is 16.2 Å². The molecule has 168 valence electrons. The molecule has 0 bridgehead atoms. The molecule has 0 spiro atoms. The summed E-state index contributed by atoms with van der Waals surface area (Å²) in [6.07, 6.45) is -1.62. The van der Waals surface area contributed by atoms with Crippen molar-refractivity contribution in [2.45, 2.75) is 19.5 Å². The lowest BCUT2D eigenvalue weighted by Gasteiger charge is -2.38. The number of aliphatic carboxylic acids is 1. The second-order valence-electron chi connectivity index (χ2n) is 7.05. The maximum absolute atomic E-state index is 13.4. The Labute approximate surface area is 192 Å². The maximum Gasteiger partial charge on any atom is 0.416 e. The number of urea groups is 1. The number of carboxylic acids is 1. The first-order chi connectivity index (χ1) is 15.5. The van der Waals surface area contributed by atoms with Crippen LogP contribution in [0.2, 0.25) is 0 Å². The SMILES string of the molecule is CC1=C(C#N)C(=C2CC=C(C#N)C=C2S)N(CC(=O)O)C(=O)N1c1cccc(C(F)(F)F)c1. The zero-order valence-corrected chi connectivity index (χ0v) is 17.9. The minimum atomic E-state index is -4.67. The summed E-state index contributed by atoms with van der Waals surface area (Å²) in [7, 11) is 0. The van der Waals surface area contributed by atoms with Crippen LogP contribution in [0.3, 0.4) is 0 Å². The van der Waals surface area contributed by atoms with Gasteiger partial charge in [-0.05, 0) is 43.2 Å². The van der Waals surface area contributed by atoms with Crippen molar-refractivity contribution in [3.05, 3.63) is 75.0 Å². The lowest BCUT2D eigenvalue weighted by molar-refractivity contribution is -0.138. The molecule has 1 N–H and O–H groups in total. The zero-order valence-electron chi connectivity index (χ0n) is 17.0. The molecule has 1 heterocycles. The summed E-state index contributed by atoms with van der Waals surface area (Å²) in [5, 5.41) is 28.4. The summed E-state index contributed by atoms with van der Waals surface area (Å²) < 4.78 is 39.7. The number of nitrogens with zero attached hydrogens (tertiary/aromatic N) is 4. The van der Waals surface area contributed by atoms with Gasteiger partial charge in [0.25, 0.3) is 0 Å². The normalized spacial score (nSPS) is 19.1. The second kappa shape index (κ2) is 8.88. The van der Waals surface area contributed by atoms with Gasteiger partial charge in [-0.25, -0.2) is 4.79 Å². The van der Waals surface area contributed by atoms with E-state index in [4.69, 9.17) is 5.26 Å². The Kier molecular flexibility index (Phi) is 6.38. The summed E-state index contributed by atoms with van der Waals surface area (Å²) in [5.41, 5.74) is -0.613. The minimum Gasteiger partial charge on any atom is -0.480 e. The Morgan fingerprint density at radius 2 is 1.97 bits per heavy atom. The van der Waals surface area contributed by atoms with Crippen molar-refractivity contribution in [1.82, 2.24) is 4.90 Å². The van der Waals surface area contributed by atoms with E-state index in [-0.39, 0.29) is 34.0 Å². The summed E-state index contributed by atoms with van der Waals surface area (Å²) in [5.74, 6) is -1.39. The predicted octanol–water partition coefficient (Wildman–Crippen LogP) is 4.75. The van der Waals surface area contributed by atoms with E-state index >= 15 is 0 Å². The highest BCUT2D eigenvalue weighted by molar-refractivity contribution is 7.84. The van der Waals surface area contributed by atoms with Crippen LogP contribution >= 0.6 is 12.6 Å². The van der Waals surface area contributed by atoms with Crippen LogP contribution in [0.4, 0.5) is 23.7 Å². The number of anilines is 1. The Hall–Kier alpha value is -3.96. The molecule has 2 aliphatic rings. The van der Waals surface area contributed by atoms with Crippen LogP contribution in [-0.4, -0.2) is 28.6 Å². The maximum atomic E-state index is 13.4. The lowest BCUT2D eigenvalue weighted by atomic mass is 9.94. The van der Waals surface area contributed by atoms with Crippen molar-refractivity contribution >= 4 is 30.3 Å². The molecular formula is C22H15F3N4O3S. The van der Waals surface area contributed by atoms with Crippen molar-refractivity contribution in [2.75, 3.05) is 11.4 Å². The first kappa shape index (κ1) is 23.7. The topological polar surface area (TPSA) is 108 Å². The Morgan fingerprint density at radius 3 is 2.52 bits per heavy atom. The van der Waals surface area contributed by atoms with E-state index in [0.717, 1.165) is 28.0 Å². The minimum absolute atomic E-state index is 0.0138. The van der Waals surface area contributed by atoms with E-state index in [9.17, 15) is 33.1 Å². The number of amides is 2. The number of thiol groups is 1. The number of rotatable bonds is 3. The average molecular weight is 472 g/mol. The fourth-order valence-electron chi connectivity index (χ4n) is 3.54. The molecule has 2 amide bonds. The van der Waals surface area contributed by atoms with E-state index in [1.165, 1.54) is 25.1 Å². The molecule has 0 unspecified atom stereocenters. The van der Waals surface area contributed by atoms with E-state index < -0.39 is 30.3 Å². The predicted molar refractivity (Wildman–Crippen MR) is 114 cm³/mol. The van der Waals surface area contributed by atoms with E-state index in [1.54, 1.807) is 0 Å². The number of benzene rings is 1. The monoisotopic (exact) mass is 472 g/mol. The molecule has 0 aromatic heterocycles. The average Bonchev–Trinajstić information content (AvgIpc) is 2.75. The third kappa shape index (κ3) is 4.49. The standard InChI is InChI=1S/C22H15F3N4O3S/c1-12-17(10-27)20(16-6-5-13(9-26)7-18(16)33)28(11-19(30)31)21(32)29(12)15-4-2-3-14(8-15)22(23,24)25/h2-5,7-8,33H,6,11H2,1H3,(H,30,31). The van der Waals surface area contributed by atoms with Crippen LogP contribution in [-0.2, 0) is 11.0 Å². The number of carbonyl (C=O) groups is 2. The first-order valence-corrected chi connectivity index (χ1v) is 9.80. The largest absolute Gasteiger partial charge is 0.480 e. The molecule has 11 heteroatoms. The quantitative estimate of drug-likeness (QED) is 0.617. The van der Waals surface area contributed by atoms with Crippen LogP contribution in [0.5, 0.6) is 0 Å². The third-order valence-corrected chi connectivity index (χ3v) is 5.40. The van der Waals surface area contributed by atoms with Crippen LogP contribution in [0.1, 0.15) is 18.9 Å². The molecule has 1 aliphatic carbocycles. The van der Waals surface area contributed by atoms with E-state index in [0.29, 0.717) is 11.1 Å². The fraction of sp³-hybridized carbons (Fsp3) is 0.182. The summed E-state index contributed by atoms with van der Waals surface area (Å²) in [6, 6.07) is 6.91. The van der Waals surface area contributed by atoms with Gasteiger partial charge < -0.3 is 5.11 Å². The number of nitriles is 2. The summed E-state index contributed by atoms with van der Waals surface area (Å²) in [4.78, 5) is 26.9. The molecule has 1 aromatic rings. The van der Waals surface area contributed by atoms with Crippen molar-refractivity contribution in [3.8, 4) is 12.1 Å². The third-order valence-electron chi connectivity index (χ3n) is 5.01. The summed E-state index contributed by atoms with van der Waals surface area (Å²) >= 11 is 4.34. The van der Waals surface area contributed by atoms with E-state index in [2.05, 4.69) is 12.6 Å². The number of allylic oxidation sites excluding steroid dienone is 6. The zero-order chi connectivity index (χ0) is 24.5. The fourth-order valence-corrected chi connectivity index (χ4v) is 3.88. The van der Waals surface area contributed by atoms with Crippen molar-refractivity contribution in [3.63, 3.8) is 0 Å². The van der Waals surface area contributed by atoms with Crippen LogP contribution in [0.25, 0.3) is 0 Å². The molecule has 0 saturated heterocycles. The Bertz CT molecular complexity index is 1260. The molecule has 1 aliphatic heterocycles. The Balaban J connectivity index is 2.27. The number of hydrogen-bond donors (Lipinski definition) is 2. The van der Waals surface area contributed by atoms with Gasteiger partial charge in [-0.15, -0.1) is 12.6 Å². The van der Waals surface area contributed by atoms with Crippen molar-refractivity contribution in [1.29, 1.82) is 10.5 Å².